The van der Waals surface area contributed by atoms with E-state index in [9.17, 15) is 4.79 Å². The quantitative estimate of drug-likeness (QED) is 0.795. The van der Waals surface area contributed by atoms with Crippen LogP contribution in [0.15, 0.2) is 42.5 Å². The molecule has 0 N–H and O–H groups in total. The summed E-state index contributed by atoms with van der Waals surface area (Å²) in [4.78, 5) is 13.0. The Morgan fingerprint density at radius 1 is 1.15 bits per heavy atom. The number of nitriles is 1. The summed E-state index contributed by atoms with van der Waals surface area (Å²) >= 11 is 0. The van der Waals surface area contributed by atoms with E-state index in [1.54, 1.807) is 11.0 Å². The molecule has 3 heteroatoms. The first-order valence-corrected chi connectivity index (χ1v) is 6.42. The smallest absolute Gasteiger partial charge is 0.214 e. The van der Waals surface area contributed by atoms with E-state index in [1.165, 1.54) is 0 Å². The molecule has 1 amide bonds. The molecule has 0 saturated heterocycles. The lowest BCUT2D eigenvalue weighted by Gasteiger charge is -2.19. The van der Waals surface area contributed by atoms with Crippen molar-refractivity contribution in [2.24, 2.45) is 0 Å². The lowest BCUT2D eigenvalue weighted by Crippen LogP contribution is -2.20. The van der Waals surface area contributed by atoms with Gasteiger partial charge in [-0.1, -0.05) is 23.8 Å². The van der Waals surface area contributed by atoms with Crippen LogP contribution in [0, 0.1) is 25.2 Å². The summed E-state index contributed by atoms with van der Waals surface area (Å²) in [7, 11) is 0. The predicted octanol–water partition coefficient (Wildman–Crippen LogP) is 3.34. The van der Waals surface area contributed by atoms with Crippen LogP contribution in [0.2, 0.25) is 0 Å². The fourth-order valence-electron chi connectivity index (χ4n) is 2.02. The number of hydrogen-bond acceptors (Lipinski definition) is 2. The summed E-state index contributed by atoms with van der Waals surface area (Å²) in [5.41, 5.74) is 4.68. The molecule has 0 bridgehead atoms. The maximum Gasteiger partial charge on any atom is 0.214 e. The van der Waals surface area contributed by atoms with E-state index in [1.807, 2.05) is 50.2 Å². The van der Waals surface area contributed by atoms with E-state index in [2.05, 4.69) is 6.07 Å². The summed E-state index contributed by atoms with van der Waals surface area (Å²) in [6.45, 7) is 4.46. The summed E-state index contributed by atoms with van der Waals surface area (Å²) in [5, 5.41) is 8.96. The van der Waals surface area contributed by atoms with Crippen LogP contribution in [0.1, 0.15) is 22.3 Å². The minimum absolute atomic E-state index is 0.466. The fraction of sp³-hybridized carbons (Fsp3) is 0.176. The monoisotopic (exact) mass is 264 g/mol. The molecule has 0 aliphatic carbocycles. The SMILES string of the molecule is Cc1ccc(N(C=O)Cc2cc(C#N)ccc2C)cc1. The Morgan fingerprint density at radius 3 is 2.45 bits per heavy atom. The number of aryl methyl sites for hydroxylation is 2. The number of rotatable bonds is 4. The van der Waals surface area contributed by atoms with Gasteiger partial charge in [0.1, 0.15) is 0 Å². The Balaban J connectivity index is 2.29. The third-order valence-corrected chi connectivity index (χ3v) is 3.31. The van der Waals surface area contributed by atoms with Crippen molar-refractivity contribution in [2.45, 2.75) is 20.4 Å². The van der Waals surface area contributed by atoms with Gasteiger partial charge < -0.3 is 4.90 Å². The molecule has 3 nitrogen and oxygen atoms in total. The van der Waals surface area contributed by atoms with Gasteiger partial charge in [-0.3, -0.25) is 4.79 Å². The van der Waals surface area contributed by atoms with E-state index in [0.29, 0.717) is 12.1 Å². The largest absolute Gasteiger partial charge is 0.311 e. The van der Waals surface area contributed by atoms with Crippen LogP contribution in [0.4, 0.5) is 5.69 Å². The average molecular weight is 264 g/mol. The van der Waals surface area contributed by atoms with Crippen LogP contribution < -0.4 is 4.90 Å². The highest BCUT2D eigenvalue weighted by molar-refractivity contribution is 5.75. The number of anilines is 1. The number of carbonyl (C=O) groups excluding carboxylic acids is 1. The molecule has 0 radical (unpaired) electrons. The van der Waals surface area contributed by atoms with E-state index < -0.39 is 0 Å². The summed E-state index contributed by atoms with van der Waals surface area (Å²) in [6, 6.07) is 15.5. The zero-order valence-electron chi connectivity index (χ0n) is 11.6. The van der Waals surface area contributed by atoms with Gasteiger partial charge in [0, 0.05) is 5.69 Å². The van der Waals surface area contributed by atoms with Gasteiger partial charge >= 0.3 is 0 Å². The fourth-order valence-corrected chi connectivity index (χ4v) is 2.02. The van der Waals surface area contributed by atoms with Gasteiger partial charge in [-0.25, -0.2) is 0 Å². The third kappa shape index (κ3) is 3.04. The van der Waals surface area contributed by atoms with E-state index in [4.69, 9.17) is 5.26 Å². The minimum atomic E-state index is 0.466. The molecule has 2 aromatic rings. The summed E-state index contributed by atoms with van der Waals surface area (Å²) in [6.07, 6.45) is 0.823. The Morgan fingerprint density at radius 2 is 1.85 bits per heavy atom. The molecular weight excluding hydrogens is 248 g/mol. The van der Waals surface area contributed by atoms with Crippen molar-refractivity contribution in [1.82, 2.24) is 0 Å². The first-order valence-electron chi connectivity index (χ1n) is 6.42. The van der Waals surface area contributed by atoms with Crippen molar-refractivity contribution in [3.05, 3.63) is 64.7 Å². The van der Waals surface area contributed by atoms with Crippen molar-refractivity contribution >= 4 is 12.1 Å². The highest BCUT2D eigenvalue weighted by atomic mass is 16.1. The highest BCUT2D eigenvalue weighted by Crippen LogP contribution is 2.19. The third-order valence-electron chi connectivity index (χ3n) is 3.31. The zero-order valence-corrected chi connectivity index (χ0v) is 11.6. The molecule has 0 unspecified atom stereocenters. The lowest BCUT2D eigenvalue weighted by molar-refractivity contribution is -0.107. The van der Waals surface area contributed by atoms with Crippen molar-refractivity contribution in [3.8, 4) is 6.07 Å². The van der Waals surface area contributed by atoms with Crippen LogP contribution in [0.3, 0.4) is 0 Å². The van der Waals surface area contributed by atoms with E-state index >= 15 is 0 Å². The summed E-state index contributed by atoms with van der Waals surface area (Å²) in [5.74, 6) is 0. The van der Waals surface area contributed by atoms with Gasteiger partial charge in [-0.2, -0.15) is 5.26 Å². The van der Waals surface area contributed by atoms with Gasteiger partial charge in [0.2, 0.25) is 6.41 Å². The van der Waals surface area contributed by atoms with Crippen LogP contribution in [0.5, 0.6) is 0 Å². The number of nitrogens with zero attached hydrogens (tertiary/aromatic N) is 2. The van der Waals surface area contributed by atoms with Gasteiger partial charge in [0.15, 0.2) is 0 Å². The van der Waals surface area contributed by atoms with Crippen LogP contribution in [0.25, 0.3) is 0 Å². The second kappa shape index (κ2) is 6.03. The van der Waals surface area contributed by atoms with Crippen LogP contribution in [-0.2, 0) is 11.3 Å². The van der Waals surface area contributed by atoms with Crippen molar-refractivity contribution in [2.75, 3.05) is 4.90 Å². The van der Waals surface area contributed by atoms with Crippen molar-refractivity contribution < 1.29 is 4.79 Å². The number of benzene rings is 2. The number of carbonyl (C=O) groups is 1. The van der Waals surface area contributed by atoms with Gasteiger partial charge in [0.05, 0.1) is 18.2 Å². The molecular formula is C17H16N2O. The molecule has 20 heavy (non-hydrogen) atoms. The van der Waals surface area contributed by atoms with Gasteiger partial charge in [-0.05, 0) is 49.2 Å². The topological polar surface area (TPSA) is 44.1 Å². The molecule has 0 saturated carbocycles. The molecule has 0 fully saturated rings. The predicted molar refractivity (Wildman–Crippen MR) is 79.3 cm³/mol. The number of amides is 1. The Kier molecular flexibility index (Phi) is 4.17. The Labute approximate surface area is 119 Å². The first kappa shape index (κ1) is 13.8. The maximum absolute atomic E-state index is 11.3. The normalized spacial score (nSPS) is 9.85. The van der Waals surface area contributed by atoms with Crippen molar-refractivity contribution in [1.29, 1.82) is 5.26 Å². The molecule has 100 valence electrons. The van der Waals surface area contributed by atoms with Crippen LogP contribution >= 0.6 is 0 Å². The van der Waals surface area contributed by atoms with Crippen molar-refractivity contribution in [3.63, 3.8) is 0 Å². The summed E-state index contributed by atoms with van der Waals surface area (Å²) < 4.78 is 0. The zero-order chi connectivity index (χ0) is 14.5. The average Bonchev–Trinajstić information content (AvgIpc) is 2.47. The van der Waals surface area contributed by atoms with E-state index in [-0.39, 0.29) is 0 Å². The molecule has 0 aromatic heterocycles. The molecule has 0 atom stereocenters. The first-order chi connectivity index (χ1) is 9.63. The lowest BCUT2D eigenvalue weighted by atomic mass is 10.0. The highest BCUT2D eigenvalue weighted by Gasteiger charge is 2.08. The van der Waals surface area contributed by atoms with Gasteiger partial charge in [-0.15, -0.1) is 0 Å². The Hall–Kier alpha value is -2.60. The maximum atomic E-state index is 11.3. The molecule has 0 heterocycles. The minimum Gasteiger partial charge on any atom is -0.311 e. The second-order valence-corrected chi connectivity index (χ2v) is 4.82. The molecule has 0 spiro atoms. The standard InChI is InChI=1S/C17H16N2O/c1-13-3-7-17(8-4-13)19(12-20)11-16-9-15(10-18)6-5-14(16)2/h3-9,12H,11H2,1-2H3. The van der Waals surface area contributed by atoms with Crippen LogP contribution in [-0.4, -0.2) is 6.41 Å². The Bertz CT molecular complexity index is 654. The van der Waals surface area contributed by atoms with E-state index in [0.717, 1.165) is 28.8 Å². The van der Waals surface area contributed by atoms with Gasteiger partial charge in [0.25, 0.3) is 0 Å². The molecule has 2 aromatic carbocycles. The molecule has 0 aliphatic heterocycles. The molecule has 2 rings (SSSR count). The molecule has 0 aliphatic rings. The second-order valence-electron chi connectivity index (χ2n) is 4.82. The number of hydrogen-bond donors (Lipinski definition) is 0.